The summed E-state index contributed by atoms with van der Waals surface area (Å²) in [6.07, 6.45) is -1.69. The fraction of sp³-hybridized carbons (Fsp3) is 0.368. The van der Waals surface area contributed by atoms with Crippen molar-refractivity contribution in [1.82, 2.24) is 0 Å². The van der Waals surface area contributed by atoms with Crippen LogP contribution in [-0.2, 0) is 18.2 Å². The van der Waals surface area contributed by atoms with Gasteiger partial charge in [-0.2, -0.15) is 8.78 Å². The molecule has 0 aliphatic heterocycles. The van der Waals surface area contributed by atoms with E-state index in [9.17, 15) is 9.13 Å². The van der Waals surface area contributed by atoms with Crippen LogP contribution in [0.25, 0.3) is 0 Å². The average Bonchev–Trinajstić information content (AvgIpc) is 2.61. The second-order valence-electron chi connectivity index (χ2n) is 6.61. The fourth-order valence-corrected chi connectivity index (χ4v) is 7.39. The van der Waals surface area contributed by atoms with E-state index in [1.807, 2.05) is 0 Å². The van der Waals surface area contributed by atoms with Crippen LogP contribution in [0.1, 0.15) is 27.7 Å². The highest BCUT2D eigenvalue weighted by Crippen LogP contribution is 2.78. The largest absolute Gasteiger partial charge is 0.459 e. The van der Waals surface area contributed by atoms with Crippen molar-refractivity contribution in [3.05, 3.63) is 60.7 Å². The number of rotatable bonds is 9. The van der Waals surface area contributed by atoms with Gasteiger partial charge < -0.3 is 9.05 Å². The molecule has 0 bridgehead atoms. The normalized spacial score (nSPS) is 16.6. The zero-order chi connectivity index (χ0) is 21.0. The number of hydrogen-bond donors (Lipinski definition) is 0. The quantitative estimate of drug-likeness (QED) is 0.438. The Bertz CT molecular complexity index is 857. The maximum absolute atomic E-state index is 15.7. The zero-order valence-electron chi connectivity index (χ0n) is 16.1. The van der Waals surface area contributed by atoms with Crippen LogP contribution in [0, 0.1) is 0 Å². The van der Waals surface area contributed by atoms with E-state index in [0.717, 1.165) is 0 Å². The van der Waals surface area contributed by atoms with Gasteiger partial charge in [-0.15, -0.1) is 0 Å². The van der Waals surface area contributed by atoms with Gasteiger partial charge in [0.25, 0.3) is 0 Å². The summed E-state index contributed by atoms with van der Waals surface area (Å²) >= 11 is 0. The summed E-state index contributed by atoms with van der Waals surface area (Å²) < 4.78 is 73.8. The summed E-state index contributed by atoms with van der Waals surface area (Å²) in [5, 5.41) is -4.69. The molecule has 0 radical (unpaired) electrons. The van der Waals surface area contributed by atoms with Gasteiger partial charge >= 0.3 is 20.4 Å². The first kappa shape index (κ1) is 22.8. The summed E-state index contributed by atoms with van der Waals surface area (Å²) in [6, 6.07) is 14.4. The molecule has 0 aromatic heterocycles. The molecule has 0 aliphatic rings. The molecule has 0 heterocycles. The molecule has 0 amide bonds. The Kier molecular flexibility index (Phi) is 7.22. The van der Waals surface area contributed by atoms with E-state index in [4.69, 9.17) is 13.6 Å². The van der Waals surface area contributed by atoms with Crippen molar-refractivity contribution in [3.63, 3.8) is 0 Å². The monoisotopic (exact) mass is 432 g/mol. The predicted octanol–water partition coefficient (Wildman–Crippen LogP) is 6.26. The first-order valence-electron chi connectivity index (χ1n) is 8.77. The van der Waals surface area contributed by atoms with E-state index in [2.05, 4.69) is 0 Å². The van der Waals surface area contributed by atoms with Crippen LogP contribution in [0.2, 0.25) is 0 Å². The van der Waals surface area contributed by atoms with Crippen LogP contribution in [0.4, 0.5) is 8.78 Å². The lowest BCUT2D eigenvalue weighted by Gasteiger charge is -2.33. The second-order valence-corrected chi connectivity index (χ2v) is 11.3. The summed E-state index contributed by atoms with van der Waals surface area (Å²) in [6.45, 7) is 5.82. The highest BCUT2D eigenvalue weighted by molar-refractivity contribution is 7.80. The average molecular weight is 432 g/mol. The van der Waals surface area contributed by atoms with Crippen molar-refractivity contribution in [1.29, 1.82) is 0 Å². The molecule has 154 valence electrons. The third-order valence-corrected chi connectivity index (χ3v) is 9.20. The van der Waals surface area contributed by atoms with Gasteiger partial charge in [0.15, 0.2) is 0 Å². The number of halogens is 2. The fourth-order valence-electron chi connectivity index (χ4n) is 2.40. The first-order valence-corrected chi connectivity index (χ1v) is 11.9. The number of alkyl halides is 2. The van der Waals surface area contributed by atoms with Crippen LogP contribution in [0.5, 0.6) is 5.75 Å². The number of benzene rings is 2. The van der Waals surface area contributed by atoms with Gasteiger partial charge in [0.05, 0.1) is 12.2 Å². The van der Waals surface area contributed by atoms with Gasteiger partial charge in [-0.1, -0.05) is 36.4 Å². The van der Waals surface area contributed by atoms with Gasteiger partial charge in [-0.3, -0.25) is 9.09 Å². The SMILES string of the molecule is CC(C)OP(=O)(Oc1ccccc1)C(F)(F)P(=O)(OC(C)C)c1ccccc1. The highest BCUT2D eigenvalue weighted by atomic mass is 31.2. The molecule has 9 heteroatoms. The van der Waals surface area contributed by atoms with Crippen molar-refractivity contribution in [2.24, 2.45) is 0 Å². The van der Waals surface area contributed by atoms with Crippen molar-refractivity contribution in [3.8, 4) is 5.75 Å². The molecule has 2 aromatic rings. The topological polar surface area (TPSA) is 61.8 Å². The van der Waals surface area contributed by atoms with Crippen LogP contribution in [-0.4, -0.2) is 17.6 Å². The van der Waals surface area contributed by atoms with Crippen LogP contribution in [0.3, 0.4) is 0 Å². The molecule has 0 N–H and O–H groups in total. The van der Waals surface area contributed by atoms with E-state index in [-0.39, 0.29) is 11.1 Å². The van der Waals surface area contributed by atoms with Gasteiger partial charge in [0.1, 0.15) is 5.75 Å². The number of para-hydroxylation sites is 1. The smallest absolute Gasteiger partial charge is 0.420 e. The van der Waals surface area contributed by atoms with Gasteiger partial charge in [0.2, 0.25) is 0 Å². The molecule has 2 unspecified atom stereocenters. The second kappa shape index (κ2) is 8.87. The van der Waals surface area contributed by atoms with Crippen molar-refractivity contribution in [2.75, 3.05) is 0 Å². The molecule has 2 aromatic carbocycles. The van der Waals surface area contributed by atoms with E-state index in [0.29, 0.717) is 0 Å². The number of hydrogen-bond acceptors (Lipinski definition) is 5. The van der Waals surface area contributed by atoms with E-state index < -0.39 is 32.6 Å². The van der Waals surface area contributed by atoms with Gasteiger partial charge in [-0.25, -0.2) is 4.57 Å². The van der Waals surface area contributed by atoms with Gasteiger partial charge in [0, 0.05) is 5.30 Å². The molecule has 2 rings (SSSR count). The van der Waals surface area contributed by atoms with E-state index in [1.54, 1.807) is 12.1 Å². The van der Waals surface area contributed by atoms with Crippen molar-refractivity contribution < 1.29 is 31.5 Å². The molecule has 0 fully saturated rings. The van der Waals surface area contributed by atoms with Crippen LogP contribution in [0.15, 0.2) is 60.7 Å². The maximum atomic E-state index is 15.7. The lowest BCUT2D eigenvalue weighted by Crippen LogP contribution is -2.31. The van der Waals surface area contributed by atoms with Crippen molar-refractivity contribution in [2.45, 2.75) is 45.3 Å². The third-order valence-electron chi connectivity index (χ3n) is 3.46. The Morgan fingerprint density at radius 1 is 0.786 bits per heavy atom. The minimum absolute atomic E-state index is 0.0877. The summed E-state index contributed by atoms with van der Waals surface area (Å²) in [7, 11) is -10.3. The molecule has 28 heavy (non-hydrogen) atoms. The Hall–Kier alpha value is -1.52. The highest BCUT2D eigenvalue weighted by Gasteiger charge is 2.69. The standard InChI is InChI=1S/C19H24F2O5P2/c1-15(2)24-27(22,18-13-9-6-10-14-18)19(20,21)28(23,25-16(3)4)26-17-11-7-5-8-12-17/h5-16H,1-4H3. The molecule has 0 saturated carbocycles. The zero-order valence-corrected chi connectivity index (χ0v) is 17.9. The Labute approximate surface area is 164 Å². The summed E-state index contributed by atoms with van der Waals surface area (Å²) in [4.78, 5) is 0. The molecule has 5 nitrogen and oxygen atoms in total. The van der Waals surface area contributed by atoms with Crippen molar-refractivity contribution >= 4 is 20.3 Å². The molecule has 0 saturated heterocycles. The van der Waals surface area contributed by atoms with E-state index >= 15 is 8.78 Å². The van der Waals surface area contributed by atoms with Crippen LogP contribution >= 0.6 is 15.0 Å². The lowest BCUT2D eigenvalue weighted by molar-refractivity contribution is 0.0876. The minimum Gasteiger partial charge on any atom is -0.420 e. The molecule has 0 spiro atoms. The summed E-state index contributed by atoms with van der Waals surface area (Å²) in [5.74, 6) is -0.0877. The molecule has 2 atom stereocenters. The Morgan fingerprint density at radius 3 is 1.71 bits per heavy atom. The summed E-state index contributed by atoms with van der Waals surface area (Å²) in [5.41, 5.74) is 0. The van der Waals surface area contributed by atoms with Gasteiger partial charge in [-0.05, 0) is 52.0 Å². The Morgan fingerprint density at radius 2 is 1.25 bits per heavy atom. The molecular weight excluding hydrogens is 408 g/mol. The lowest BCUT2D eigenvalue weighted by atomic mass is 10.3. The predicted molar refractivity (Wildman–Crippen MR) is 106 cm³/mol. The van der Waals surface area contributed by atoms with E-state index in [1.165, 1.54) is 76.2 Å². The molecular formula is C19H24F2O5P2. The molecule has 0 aliphatic carbocycles. The first-order chi connectivity index (χ1) is 13.0. The third kappa shape index (κ3) is 4.72. The maximum Gasteiger partial charge on any atom is 0.459 e. The Balaban J connectivity index is 2.63. The minimum atomic E-state index is -5.26. The van der Waals surface area contributed by atoms with Crippen LogP contribution < -0.4 is 9.83 Å².